The van der Waals surface area contributed by atoms with Gasteiger partial charge >= 0.3 is 0 Å². The molecule has 2 heterocycles. The Morgan fingerprint density at radius 1 is 1.71 bits per heavy atom. The van der Waals surface area contributed by atoms with E-state index in [0.717, 1.165) is 35.7 Å². The van der Waals surface area contributed by atoms with Crippen LogP contribution in [0.4, 0.5) is 5.13 Å². The van der Waals surface area contributed by atoms with E-state index in [0.29, 0.717) is 12.5 Å². The lowest BCUT2D eigenvalue weighted by Crippen LogP contribution is -2.36. The fourth-order valence-corrected chi connectivity index (χ4v) is 3.07. The summed E-state index contributed by atoms with van der Waals surface area (Å²) in [5.74, 6) is 0.423. The maximum atomic E-state index is 9.11. The van der Waals surface area contributed by atoms with E-state index < -0.39 is 0 Å². The Morgan fingerprint density at radius 3 is 3.21 bits per heavy atom. The molecule has 1 fully saturated rings. The standard InChI is InChI=1S/C9H13BrN2OS/c10-8-6-14-9(11-8)12-3-1-2-7(4-12)5-13/h6-7,13H,1-5H2. The van der Waals surface area contributed by atoms with Crippen LogP contribution in [0.3, 0.4) is 0 Å². The highest BCUT2D eigenvalue weighted by Gasteiger charge is 2.21. The highest BCUT2D eigenvalue weighted by atomic mass is 79.9. The Bertz CT molecular complexity index is 305. The minimum absolute atomic E-state index is 0.295. The lowest BCUT2D eigenvalue weighted by Gasteiger charge is -2.31. The van der Waals surface area contributed by atoms with Gasteiger partial charge in [0.15, 0.2) is 5.13 Å². The number of hydrogen-bond acceptors (Lipinski definition) is 4. The van der Waals surface area contributed by atoms with E-state index in [9.17, 15) is 0 Å². The fourth-order valence-electron chi connectivity index (χ4n) is 1.78. The van der Waals surface area contributed by atoms with Gasteiger partial charge in [-0.15, -0.1) is 11.3 Å². The number of aromatic nitrogens is 1. The van der Waals surface area contributed by atoms with E-state index in [-0.39, 0.29) is 0 Å². The number of rotatable bonds is 2. The summed E-state index contributed by atoms with van der Waals surface area (Å²) in [6, 6.07) is 0. The molecule has 2 rings (SSSR count). The number of hydrogen-bond donors (Lipinski definition) is 1. The van der Waals surface area contributed by atoms with Crippen molar-refractivity contribution >= 4 is 32.4 Å². The van der Waals surface area contributed by atoms with Crippen molar-refractivity contribution in [3.8, 4) is 0 Å². The summed E-state index contributed by atoms with van der Waals surface area (Å²) in [6.45, 7) is 2.30. The molecule has 1 unspecified atom stereocenters. The van der Waals surface area contributed by atoms with Crippen LogP contribution in [0.15, 0.2) is 9.98 Å². The Balaban J connectivity index is 2.04. The van der Waals surface area contributed by atoms with E-state index in [2.05, 4.69) is 25.8 Å². The molecule has 1 saturated heterocycles. The van der Waals surface area contributed by atoms with Crippen molar-refractivity contribution in [1.82, 2.24) is 4.98 Å². The molecule has 0 amide bonds. The smallest absolute Gasteiger partial charge is 0.186 e. The van der Waals surface area contributed by atoms with Crippen LogP contribution in [-0.2, 0) is 0 Å². The summed E-state index contributed by atoms with van der Waals surface area (Å²) < 4.78 is 0.906. The van der Waals surface area contributed by atoms with Gasteiger partial charge in [0.25, 0.3) is 0 Å². The number of thiazole rings is 1. The normalized spacial score (nSPS) is 22.7. The average Bonchev–Trinajstić information content (AvgIpc) is 2.65. The minimum atomic E-state index is 0.295. The first-order valence-corrected chi connectivity index (χ1v) is 6.43. The van der Waals surface area contributed by atoms with Crippen molar-refractivity contribution in [2.45, 2.75) is 12.8 Å². The number of piperidine rings is 1. The Kier molecular flexibility index (Phi) is 3.41. The Hall–Kier alpha value is -0.130. The maximum Gasteiger partial charge on any atom is 0.186 e. The molecule has 1 N–H and O–H groups in total. The first-order valence-electron chi connectivity index (χ1n) is 4.76. The molecule has 0 aliphatic carbocycles. The zero-order valence-electron chi connectivity index (χ0n) is 7.82. The zero-order valence-corrected chi connectivity index (χ0v) is 10.2. The van der Waals surface area contributed by atoms with Crippen LogP contribution in [-0.4, -0.2) is 29.8 Å². The fraction of sp³-hybridized carbons (Fsp3) is 0.667. The van der Waals surface area contributed by atoms with Crippen LogP contribution in [0.5, 0.6) is 0 Å². The second-order valence-corrected chi connectivity index (χ2v) is 5.24. The Morgan fingerprint density at radius 2 is 2.57 bits per heavy atom. The predicted octanol–water partition coefficient (Wildman–Crippen LogP) is 2.11. The highest BCUT2D eigenvalue weighted by Crippen LogP contribution is 2.27. The third-order valence-electron chi connectivity index (χ3n) is 2.51. The molecule has 1 aromatic heterocycles. The lowest BCUT2D eigenvalue weighted by atomic mass is 10.00. The first kappa shape index (κ1) is 10.4. The topological polar surface area (TPSA) is 36.4 Å². The van der Waals surface area contributed by atoms with Crippen LogP contribution in [0.25, 0.3) is 0 Å². The maximum absolute atomic E-state index is 9.11. The molecule has 0 spiro atoms. The lowest BCUT2D eigenvalue weighted by molar-refractivity contribution is 0.208. The number of halogens is 1. The summed E-state index contributed by atoms with van der Waals surface area (Å²) in [4.78, 5) is 6.65. The number of aliphatic hydroxyl groups is 1. The van der Waals surface area contributed by atoms with Gasteiger partial charge in [-0.25, -0.2) is 4.98 Å². The van der Waals surface area contributed by atoms with Crippen LogP contribution < -0.4 is 4.90 Å². The molecule has 0 radical (unpaired) electrons. The van der Waals surface area contributed by atoms with Crippen molar-refractivity contribution in [1.29, 1.82) is 0 Å². The van der Waals surface area contributed by atoms with E-state index in [1.165, 1.54) is 0 Å². The molecule has 0 aromatic carbocycles. The molecule has 14 heavy (non-hydrogen) atoms. The van der Waals surface area contributed by atoms with Crippen LogP contribution in [0.2, 0.25) is 0 Å². The minimum Gasteiger partial charge on any atom is -0.396 e. The molecule has 1 aliphatic heterocycles. The number of aliphatic hydroxyl groups excluding tert-OH is 1. The van der Waals surface area contributed by atoms with Gasteiger partial charge in [-0.05, 0) is 34.7 Å². The molecule has 1 atom stereocenters. The van der Waals surface area contributed by atoms with Crippen molar-refractivity contribution in [2.75, 3.05) is 24.6 Å². The third kappa shape index (κ3) is 2.27. The van der Waals surface area contributed by atoms with Crippen LogP contribution in [0, 0.1) is 5.92 Å². The van der Waals surface area contributed by atoms with Crippen molar-refractivity contribution in [2.24, 2.45) is 5.92 Å². The van der Waals surface area contributed by atoms with E-state index in [1.54, 1.807) is 11.3 Å². The summed E-state index contributed by atoms with van der Waals surface area (Å²) in [6.07, 6.45) is 2.29. The van der Waals surface area contributed by atoms with Crippen LogP contribution in [0.1, 0.15) is 12.8 Å². The van der Waals surface area contributed by atoms with Gasteiger partial charge in [0.1, 0.15) is 4.60 Å². The van der Waals surface area contributed by atoms with Gasteiger partial charge in [-0.3, -0.25) is 0 Å². The quantitative estimate of drug-likeness (QED) is 0.899. The summed E-state index contributed by atoms with van der Waals surface area (Å²) in [5.41, 5.74) is 0. The molecule has 0 saturated carbocycles. The summed E-state index contributed by atoms with van der Waals surface area (Å²) in [5, 5.41) is 12.2. The zero-order chi connectivity index (χ0) is 9.97. The van der Waals surface area contributed by atoms with Gasteiger partial charge in [0, 0.05) is 25.1 Å². The number of nitrogens with zero attached hydrogens (tertiary/aromatic N) is 2. The second kappa shape index (κ2) is 4.59. The summed E-state index contributed by atoms with van der Waals surface area (Å²) >= 11 is 5.01. The van der Waals surface area contributed by atoms with Gasteiger partial charge in [0.05, 0.1) is 0 Å². The average molecular weight is 277 g/mol. The van der Waals surface area contributed by atoms with E-state index in [1.807, 2.05) is 5.38 Å². The van der Waals surface area contributed by atoms with Crippen molar-refractivity contribution in [3.05, 3.63) is 9.98 Å². The molecule has 1 aromatic rings. The largest absolute Gasteiger partial charge is 0.396 e. The van der Waals surface area contributed by atoms with E-state index in [4.69, 9.17) is 5.11 Å². The van der Waals surface area contributed by atoms with Gasteiger partial charge < -0.3 is 10.0 Å². The van der Waals surface area contributed by atoms with Crippen molar-refractivity contribution < 1.29 is 5.11 Å². The third-order valence-corrected chi connectivity index (χ3v) is 4.12. The molecule has 0 bridgehead atoms. The van der Waals surface area contributed by atoms with Crippen LogP contribution >= 0.6 is 27.3 Å². The monoisotopic (exact) mass is 276 g/mol. The van der Waals surface area contributed by atoms with Crippen molar-refractivity contribution in [3.63, 3.8) is 0 Å². The molecular formula is C9H13BrN2OS. The number of anilines is 1. The van der Waals surface area contributed by atoms with E-state index >= 15 is 0 Å². The van der Waals surface area contributed by atoms with Gasteiger partial charge in [-0.1, -0.05) is 0 Å². The SMILES string of the molecule is OCC1CCCN(c2nc(Br)cs2)C1. The first-order chi connectivity index (χ1) is 6.79. The summed E-state index contributed by atoms with van der Waals surface area (Å²) in [7, 11) is 0. The molecule has 5 heteroatoms. The highest BCUT2D eigenvalue weighted by molar-refractivity contribution is 9.10. The molecule has 78 valence electrons. The van der Waals surface area contributed by atoms with Gasteiger partial charge in [0.2, 0.25) is 0 Å². The van der Waals surface area contributed by atoms with Gasteiger partial charge in [-0.2, -0.15) is 0 Å². The second-order valence-electron chi connectivity index (χ2n) is 3.59. The Labute approximate surface area is 95.9 Å². The molecule has 3 nitrogen and oxygen atoms in total. The molecular weight excluding hydrogens is 264 g/mol. The molecule has 1 aliphatic rings. The predicted molar refractivity (Wildman–Crippen MR) is 61.8 cm³/mol.